The van der Waals surface area contributed by atoms with E-state index < -0.39 is 47.2 Å². The number of sulfonamides is 1. The van der Waals surface area contributed by atoms with Gasteiger partial charge < -0.3 is 25.2 Å². The van der Waals surface area contributed by atoms with E-state index in [0.717, 1.165) is 5.39 Å². The molecule has 0 unspecified atom stereocenters. The van der Waals surface area contributed by atoms with Crippen molar-refractivity contribution < 1.29 is 33.6 Å². The summed E-state index contributed by atoms with van der Waals surface area (Å²) >= 11 is 0. The normalized spacial score (nSPS) is 29.1. The van der Waals surface area contributed by atoms with Crippen LogP contribution in [-0.2, 0) is 14.8 Å². The van der Waals surface area contributed by atoms with Crippen LogP contribution in [0.25, 0.3) is 10.8 Å². The van der Waals surface area contributed by atoms with Crippen LogP contribution in [0.1, 0.15) is 6.42 Å². The molecule has 1 aliphatic rings. The molecular formula is C18H23NO7S. The number of hydrogen-bond acceptors (Lipinski definition) is 7. The second kappa shape index (κ2) is 8.19. The molecule has 1 heterocycles. The van der Waals surface area contributed by atoms with Crippen molar-refractivity contribution in [2.75, 3.05) is 13.2 Å². The Hall–Kier alpha value is -1.59. The molecule has 0 radical (unpaired) electrons. The zero-order valence-electron chi connectivity index (χ0n) is 14.5. The topological polar surface area (TPSA) is 136 Å². The molecule has 0 bridgehead atoms. The van der Waals surface area contributed by atoms with Gasteiger partial charge in [-0.15, -0.1) is 0 Å². The smallest absolute Gasteiger partial charge is 0.241 e. The average molecular weight is 397 g/mol. The first-order chi connectivity index (χ1) is 12.8. The van der Waals surface area contributed by atoms with Crippen LogP contribution >= 0.6 is 0 Å². The third-order valence-corrected chi connectivity index (χ3v) is 6.27. The second-order valence-corrected chi connectivity index (χ2v) is 8.27. The van der Waals surface area contributed by atoms with Crippen molar-refractivity contribution in [3.63, 3.8) is 0 Å². The van der Waals surface area contributed by atoms with Crippen molar-refractivity contribution in [2.45, 2.75) is 41.8 Å². The standard InChI is InChI=1S/C18H23NO7S/c20-10-14-17(22)18(23)16(21)13(26-14)8-9-19-27(24,25)15-7-3-5-11-4-1-2-6-12(11)15/h1-7,13-14,16-23H,8-10H2/t13-,14-,16+,17-,18-/m1/s1. The molecule has 5 N–H and O–H groups in total. The fourth-order valence-corrected chi connectivity index (χ4v) is 4.54. The third-order valence-electron chi connectivity index (χ3n) is 4.75. The van der Waals surface area contributed by atoms with E-state index in [1.807, 2.05) is 18.2 Å². The van der Waals surface area contributed by atoms with Crippen LogP contribution in [0.2, 0.25) is 0 Å². The highest BCUT2D eigenvalue weighted by Crippen LogP contribution is 2.24. The largest absolute Gasteiger partial charge is 0.394 e. The Kier molecular flexibility index (Phi) is 6.11. The van der Waals surface area contributed by atoms with Crippen LogP contribution in [-0.4, -0.2) is 72.5 Å². The maximum atomic E-state index is 12.7. The van der Waals surface area contributed by atoms with Crippen molar-refractivity contribution in [3.05, 3.63) is 42.5 Å². The Morgan fingerprint density at radius 3 is 2.33 bits per heavy atom. The van der Waals surface area contributed by atoms with Gasteiger partial charge in [0.25, 0.3) is 0 Å². The van der Waals surface area contributed by atoms with Crippen LogP contribution in [0.4, 0.5) is 0 Å². The minimum absolute atomic E-state index is 0.0474. The Labute approximate surface area is 157 Å². The number of fused-ring (bicyclic) bond motifs is 1. The Morgan fingerprint density at radius 2 is 1.59 bits per heavy atom. The molecule has 2 aromatic rings. The van der Waals surface area contributed by atoms with Gasteiger partial charge in [-0.05, 0) is 17.9 Å². The average Bonchev–Trinajstić information content (AvgIpc) is 2.67. The number of aliphatic hydroxyl groups is 4. The van der Waals surface area contributed by atoms with Gasteiger partial charge in [-0.2, -0.15) is 0 Å². The van der Waals surface area contributed by atoms with Gasteiger partial charge in [0.15, 0.2) is 0 Å². The number of nitrogens with one attached hydrogen (secondary N) is 1. The van der Waals surface area contributed by atoms with E-state index in [0.29, 0.717) is 5.39 Å². The van der Waals surface area contributed by atoms with Crippen LogP contribution in [0.15, 0.2) is 47.4 Å². The van der Waals surface area contributed by atoms with Gasteiger partial charge in [-0.25, -0.2) is 13.1 Å². The highest BCUT2D eigenvalue weighted by Gasteiger charge is 2.43. The van der Waals surface area contributed by atoms with E-state index in [2.05, 4.69) is 4.72 Å². The van der Waals surface area contributed by atoms with Crippen molar-refractivity contribution in [1.82, 2.24) is 4.72 Å². The fourth-order valence-electron chi connectivity index (χ4n) is 3.26. The van der Waals surface area contributed by atoms with Crippen molar-refractivity contribution in [1.29, 1.82) is 0 Å². The van der Waals surface area contributed by atoms with Crippen LogP contribution < -0.4 is 4.72 Å². The lowest BCUT2D eigenvalue weighted by atomic mass is 9.94. The SMILES string of the molecule is O=S(=O)(NCC[C@H]1O[C@H](CO)[C@@H](O)[C@H](O)[C@H]1O)c1cccc2ccccc12. The summed E-state index contributed by atoms with van der Waals surface area (Å²) < 4.78 is 33.2. The number of hydrogen-bond donors (Lipinski definition) is 5. The summed E-state index contributed by atoms with van der Waals surface area (Å²) in [4.78, 5) is 0.148. The lowest BCUT2D eigenvalue weighted by molar-refractivity contribution is -0.229. The van der Waals surface area contributed by atoms with Crippen molar-refractivity contribution in [2.24, 2.45) is 0 Å². The molecule has 27 heavy (non-hydrogen) atoms. The van der Waals surface area contributed by atoms with E-state index in [1.165, 1.54) is 6.07 Å². The second-order valence-electron chi connectivity index (χ2n) is 6.53. The molecule has 0 aromatic heterocycles. The molecule has 5 atom stereocenters. The maximum Gasteiger partial charge on any atom is 0.241 e. The van der Waals surface area contributed by atoms with Crippen molar-refractivity contribution in [3.8, 4) is 0 Å². The molecule has 9 heteroatoms. The van der Waals surface area contributed by atoms with Crippen LogP contribution in [0, 0.1) is 0 Å². The fraction of sp³-hybridized carbons (Fsp3) is 0.444. The molecule has 1 aliphatic heterocycles. The van der Waals surface area contributed by atoms with Gasteiger partial charge in [-0.1, -0.05) is 36.4 Å². The highest BCUT2D eigenvalue weighted by molar-refractivity contribution is 7.89. The van der Waals surface area contributed by atoms with Gasteiger partial charge >= 0.3 is 0 Å². The molecule has 2 aromatic carbocycles. The molecule has 0 aliphatic carbocycles. The first-order valence-corrected chi connectivity index (χ1v) is 10.1. The molecule has 1 saturated heterocycles. The van der Waals surface area contributed by atoms with Gasteiger partial charge in [0.05, 0.1) is 17.6 Å². The predicted octanol–water partition coefficient (Wildman–Crippen LogP) is -0.649. The molecule has 0 spiro atoms. The van der Waals surface area contributed by atoms with E-state index in [4.69, 9.17) is 4.74 Å². The highest BCUT2D eigenvalue weighted by atomic mass is 32.2. The Bertz CT molecular complexity index is 881. The number of aliphatic hydroxyl groups excluding tert-OH is 4. The third kappa shape index (κ3) is 4.14. The summed E-state index contributed by atoms with van der Waals surface area (Å²) in [5, 5.41) is 40.2. The molecule has 1 fully saturated rings. The van der Waals surface area contributed by atoms with Crippen molar-refractivity contribution >= 4 is 20.8 Å². The first-order valence-electron chi connectivity index (χ1n) is 8.63. The minimum Gasteiger partial charge on any atom is -0.394 e. The van der Waals surface area contributed by atoms with E-state index in [1.54, 1.807) is 18.2 Å². The maximum absolute atomic E-state index is 12.7. The van der Waals surface area contributed by atoms with Gasteiger partial charge in [0.2, 0.25) is 10.0 Å². The number of ether oxygens (including phenoxy) is 1. The lowest BCUT2D eigenvalue weighted by Gasteiger charge is -2.40. The van der Waals surface area contributed by atoms with Crippen LogP contribution in [0.5, 0.6) is 0 Å². The van der Waals surface area contributed by atoms with Crippen LogP contribution in [0.3, 0.4) is 0 Å². The van der Waals surface area contributed by atoms with E-state index in [-0.39, 0.29) is 17.9 Å². The summed E-state index contributed by atoms with van der Waals surface area (Å²) in [5.41, 5.74) is 0. The first kappa shape index (κ1) is 20.2. The molecular weight excluding hydrogens is 374 g/mol. The van der Waals surface area contributed by atoms with E-state index in [9.17, 15) is 28.8 Å². The van der Waals surface area contributed by atoms with Gasteiger partial charge in [0.1, 0.15) is 24.4 Å². The predicted molar refractivity (Wildman–Crippen MR) is 97.5 cm³/mol. The number of rotatable bonds is 6. The summed E-state index contributed by atoms with van der Waals surface area (Å²) in [7, 11) is -3.80. The van der Waals surface area contributed by atoms with E-state index >= 15 is 0 Å². The molecule has 3 rings (SSSR count). The zero-order chi connectivity index (χ0) is 19.6. The molecule has 8 nitrogen and oxygen atoms in total. The molecule has 0 saturated carbocycles. The summed E-state index contributed by atoms with van der Waals surface area (Å²) in [5.74, 6) is 0. The molecule has 0 amide bonds. The summed E-state index contributed by atoms with van der Waals surface area (Å²) in [6, 6.07) is 12.1. The van der Waals surface area contributed by atoms with Gasteiger partial charge in [-0.3, -0.25) is 0 Å². The Morgan fingerprint density at radius 1 is 0.926 bits per heavy atom. The minimum atomic E-state index is -3.80. The summed E-state index contributed by atoms with van der Waals surface area (Å²) in [6.45, 7) is -0.572. The Balaban J connectivity index is 1.69. The number of benzene rings is 2. The lowest BCUT2D eigenvalue weighted by Crippen LogP contribution is -2.58. The monoisotopic (exact) mass is 397 g/mol. The quantitative estimate of drug-likeness (QED) is 0.437. The molecule has 148 valence electrons. The summed E-state index contributed by atoms with van der Waals surface area (Å²) in [6.07, 6.45) is -6.17. The van der Waals surface area contributed by atoms with Gasteiger partial charge in [0, 0.05) is 11.9 Å². The zero-order valence-corrected chi connectivity index (χ0v) is 15.3.